The number of hydrogen-bond donors (Lipinski definition) is 1. The fourth-order valence-electron chi connectivity index (χ4n) is 6.79. The minimum atomic E-state index is -3.12. The molecule has 13 nitrogen and oxygen atoms in total. The summed E-state index contributed by atoms with van der Waals surface area (Å²) in [6, 6.07) is 5.78. The summed E-state index contributed by atoms with van der Waals surface area (Å²) in [4.78, 5) is 47.3. The number of rotatable bonds is 12. The highest BCUT2D eigenvalue weighted by molar-refractivity contribution is 6.31. The molecule has 1 N–H and O–H groups in total. The normalized spacial score (nSPS) is 19.3. The zero-order valence-electron chi connectivity index (χ0n) is 26.5. The number of hydrogen-bond acceptors (Lipinski definition) is 9. The molecular weight excluding hydrogens is 662 g/mol. The molecule has 4 aromatic rings. The largest absolute Gasteiger partial charge is 0.465 e. The molecule has 7 rings (SSSR count). The molecule has 3 fully saturated rings. The van der Waals surface area contributed by atoms with Crippen LogP contribution in [-0.2, 0) is 20.9 Å². The summed E-state index contributed by atoms with van der Waals surface area (Å²) < 4.78 is 39.7. The van der Waals surface area contributed by atoms with Crippen LogP contribution in [0.3, 0.4) is 0 Å². The van der Waals surface area contributed by atoms with Crippen molar-refractivity contribution in [2.45, 2.75) is 38.8 Å². The van der Waals surface area contributed by atoms with Gasteiger partial charge in [0.2, 0.25) is 5.91 Å². The first-order chi connectivity index (χ1) is 23.7. The van der Waals surface area contributed by atoms with E-state index in [0.717, 1.165) is 45.3 Å². The van der Waals surface area contributed by atoms with Crippen LogP contribution in [0.5, 0.6) is 5.75 Å². The number of benzene rings is 1. The molecule has 2 atom stereocenters. The molecule has 2 aliphatic heterocycles. The minimum Gasteiger partial charge on any atom is -0.465 e. The van der Waals surface area contributed by atoms with Crippen LogP contribution in [0, 0.1) is 17.8 Å². The first kappa shape index (κ1) is 32.9. The van der Waals surface area contributed by atoms with E-state index in [-0.39, 0.29) is 57.6 Å². The quantitative estimate of drug-likeness (QED) is 0.171. The van der Waals surface area contributed by atoms with E-state index in [1.807, 2.05) is 4.90 Å². The van der Waals surface area contributed by atoms with Crippen molar-refractivity contribution in [3.63, 3.8) is 0 Å². The highest BCUT2D eigenvalue weighted by atomic mass is 35.5. The van der Waals surface area contributed by atoms with Crippen molar-refractivity contribution in [3.05, 3.63) is 59.6 Å². The van der Waals surface area contributed by atoms with Gasteiger partial charge in [0.1, 0.15) is 23.6 Å². The first-order valence-corrected chi connectivity index (χ1v) is 16.7. The summed E-state index contributed by atoms with van der Waals surface area (Å²) in [7, 11) is 0. The summed E-state index contributed by atoms with van der Waals surface area (Å²) in [5, 5.41) is 11.7. The molecule has 2 amide bonds. The van der Waals surface area contributed by atoms with E-state index in [9.17, 15) is 23.2 Å². The Morgan fingerprint density at radius 2 is 1.90 bits per heavy atom. The van der Waals surface area contributed by atoms with Gasteiger partial charge in [-0.3, -0.25) is 19.1 Å². The second-order valence-electron chi connectivity index (χ2n) is 12.7. The molecule has 49 heavy (non-hydrogen) atoms. The van der Waals surface area contributed by atoms with Crippen molar-refractivity contribution < 1.29 is 32.6 Å². The van der Waals surface area contributed by atoms with Gasteiger partial charge in [-0.25, -0.2) is 9.50 Å². The third-order valence-electron chi connectivity index (χ3n) is 9.46. The van der Waals surface area contributed by atoms with Gasteiger partial charge in [-0.15, -0.1) is 0 Å². The lowest BCUT2D eigenvalue weighted by Gasteiger charge is -2.24. The fourth-order valence-corrected chi connectivity index (χ4v) is 6.97. The molecule has 258 valence electrons. The lowest BCUT2D eigenvalue weighted by Crippen LogP contribution is -2.35. The van der Waals surface area contributed by atoms with Gasteiger partial charge >= 0.3 is 12.6 Å². The second-order valence-corrected chi connectivity index (χ2v) is 13.2. The zero-order chi connectivity index (χ0) is 34.1. The molecule has 5 heterocycles. The SMILES string of the molecule is O=C(Nc1cn(CC(=O)N2C[C@H]3CN(CCCOC(=O)C4CCC4)C[C@H]3C2)nc1-c1cc(Cl)ccc1OC(F)F)c1cnn2cccnc12. The highest BCUT2D eigenvalue weighted by Crippen LogP contribution is 2.38. The standard InChI is InChI=1S/C33H35ClF2N8O5/c34-23-6-7-27(49-33(35)36)24(12-23)29-26(39-31(46)25-13-38-44-10-2-8-37-30(25)44)18-43(40-29)19-28(45)42-16-21-14-41(15-22(21)17-42)9-3-11-48-32(47)20-4-1-5-20/h2,6-8,10,12-13,18,20-22,33H,1,3-5,9,11,14-17,19H2,(H,39,46)/t21-,22+. The number of halogens is 3. The number of aromatic nitrogens is 5. The molecule has 1 aromatic carbocycles. The lowest BCUT2D eigenvalue weighted by atomic mass is 9.86. The predicted molar refractivity (Wildman–Crippen MR) is 173 cm³/mol. The van der Waals surface area contributed by atoms with Gasteiger partial charge in [0.05, 0.1) is 24.4 Å². The number of alkyl halides is 2. The number of carbonyl (C=O) groups is 3. The molecule has 3 aliphatic rings. The van der Waals surface area contributed by atoms with Crippen LogP contribution in [0.1, 0.15) is 36.0 Å². The third-order valence-corrected chi connectivity index (χ3v) is 9.70. The first-order valence-electron chi connectivity index (χ1n) is 16.3. The predicted octanol–water partition coefficient (Wildman–Crippen LogP) is 4.22. The Balaban J connectivity index is 1.02. The third kappa shape index (κ3) is 7.22. The van der Waals surface area contributed by atoms with Crippen LogP contribution >= 0.6 is 11.6 Å². The van der Waals surface area contributed by atoms with Gasteiger partial charge in [0.25, 0.3) is 5.91 Å². The van der Waals surface area contributed by atoms with Gasteiger partial charge in [-0.1, -0.05) is 18.0 Å². The topological polar surface area (TPSA) is 136 Å². The smallest absolute Gasteiger partial charge is 0.387 e. The van der Waals surface area contributed by atoms with Crippen molar-refractivity contribution in [1.29, 1.82) is 0 Å². The van der Waals surface area contributed by atoms with Crippen molar-refractivity contribution in [3.8, 4) is 17.0 Å². The molecule has 1 saturated carbocycles. The van der Waals surface area contributed by atoms with E-state index in [4.69, 9.17) is 21.1 Å². The maximum atomic E-state index is 13.5. The fraction of sp³-hybridized carbons (Fsp3) is 0.455. The lowest BCUT2D eigenvalue weighted by molar-refractivity contribution is -0.151. The number of amides is 2. The van der Waals surface area contributed by atoms with Gasteiger partial charge in [-0.05, 0) is 55.4 Å². The van der Waals surface area contributed by atoms with Crippen molar-refractivity contribution in [2.75, 3.05) is 44.6 Å². The van der Waals surface area contributed by atoms with Gasteiger partial charge < -0.3 is 24.6 Å². The zero-order valence-corrected chi connectivity index (χ0v) is 27.3. The number of carbonyl (C=O) groups excluding carboxylic acids is 3. The van der Waals surface area contributed by atoms with E-state index >= 15 is 0 Å². The Morgan fingerprint density at radius 3 is 2.63 bits per heavy atom. The number of likely N-dealkylation sites (tertiary alicyclic amines) is 2. The van der Waals surface area contributed by atoms with Crippen LogP contribution < -0.4 is 10.1 Å². The van der Waals surface area contributed by atoms with Gasteiger partial charge in [0, 0.05) is 61.9 Å². The molecule has 3 aromatic heterocycles. The molecule has 0 bridgehead atoms. The number of esters is 1. The van der Waals surface area contributed by atoms with Crippen LogP contribution in [0.4, 0.5) is 14.5 Å². The Kier molecular flexibility index (Phi) is 9.45. The van der Waals surface area contributed by atoms with Crippen molar-refractivity contribution >= 4 is 40.7 Å². The molecule has 0 spiro atoms. The molecule has 0 radical (unpaired) electrons. The maximum absolute atomic E-state index is 13.5. The Morgan fingerprint density at radius 1 is 1.10 bits per heavy atom. The summed E-state index contributed by atoms with van der Waals surface area (Å²) in [6.45, 7) is 0.971. The molecule has 16 heteroatoms. The Labute approximate surface area is 285 Å². The number of nitrogens with zero attached hydrogens (tertiary/aromatic N) is 7. The summed E-state index contributed by atoms with van der Waals surface area (Å²) in [6.07, 6.45) is 9.78. The monoisotopic (exact) mass is 696 g/mol. The van der Waals surface area contributed by atoms with Crippen molar-refractivity contribution in [1.82, 2.24) is 34.2 Å². The van der Waals surface area contributed by atoms with E-state index in [0.29, 0.717) is 37.2 Å². The van der Waals surface area contributed by atoms with Crippen LogP contribution in [0.2, 0.25) is 5.02 Å². The summed E-state index contributed by atoms with van der Waals surface area (Å²) >= 11 is 6.24. The van der Waals surface area contributed by atoms with Crippen LogP contribution in [-0.4, -0.2) is 97.9 Å². The van der Waals surface area contributed by atoms with E-state index < -0.39 is 12.5 Å². The van der Waals surface area contributed by atoms with E-state index in [2.05, 4.69) is 25.4 Å². The molecule has 0 unspecified atom stereocenters. The number of fused-ring (bicyclic) bond motifs is 2. The minimum absolute atomic E-state index is 0.0728. The second kappa shape index (κ2) is 14.1. The number of anilines is 1. The summed E-state index contributed by atoms with van der Waals surface area (Å²) in [5.74, 6) is -0.226. The summed E-state index contributed by atoms with van der Waals surface area (Å²) in [5.41, 5.74) is 0.857. The van der Waals surface area contributed by atoms with E-state index in [1.54, 1.807) is 12.3 Å². The molecule has 2 saturated heterocycles. The molecule has 1 aliphatic carbocycles. The van der Waals surface area contributed by atoms with E-state index in [1.165, 1.54) is 46.0 Å². The number of ether oxygens (including phenoxy) is 2. The Bertz CT molecular complexity index is 1850. The number of nitrogens with one attached hydrogen (secondary N) is 1. The maximum Gasteiger partial charge on any atom is 0.387 e. The van der Waals surface area contributed by atoms with Gasteiger partial charge in [0.15, 0.2) is 5.65 Å². The van der Waals surface area contributed by atoms with Crippen LogP contribution in [0.15, 0.2) is 49.1 Å². The van der Waals surface area contributed by atoms with Crippen molar-refractivity contribution in [2.24, 2.45) is 17.8 Å². The average Bonchev–Trinajstić information content (AvgIpc) is 3.82. The van der Waals surface area contributed by atoms with Crippen LogP contribution in [0.25, 0.3) is 16.9 Å². The average molecular weight is 697 g/mol. The van der Waals surface area contributed by atoms with Gasteiger partial charge in [-0.2, -0.15) is 19.0 Å². The highest BCUT2D eigenvalue weighted by Gasteiger charge is 2.41. The Hall–Kier alpha value is -4.63. The molecular formula is C33H35ClF2N8O5.